The maximum Gasteiger partial charge on any atom is 0.258 e. The van der Waals surface area contributed by atoms with Crippen LogP contribution in [-0.4, -0.2) is 15.2 Å². The number of halogens is 1. The van der Waals surface area contributed by atoms with Crippen LogP contribution in [0.1, 0.15) is 0 Å². The van der Waals surface area contributed by atoms with Gasteiger partial charge < -0.3 is 15.4 Å². The summed E-state index contributed by atoms with van der Waals surface area (Å²) in [6.07, 6.45) is 0. The standard InChI is InChI=1S/C14H10ClN3O2/c15-10-4-2-1-3-9(10)13-17-14(20-18-13)8-5-6-11(16)12(19)7-8/h1-7,19H,16H2. The molecule has 0 aliphatic carbocycles. The minimum Gasteiger partial charge on any atom is -0.506 e. The van der Waals surface area contributed by atoms with Crippen LogP contribution in [0, 0.1) is 0 Å². The second kappa shape index (κ2) is 4.86. The van der Waals surface area contributed by atoms with E-state index in [2.05, 4.69) is 10.1 Å². The molecule has 100 valence electrons. The van der Waals surface area contributed by atoms with Gasteiger partial charge in [0.15, 0.2) is 0 Å². The van der Waals surface area contributed by atoms with Gasteiger partial charge in [0.2, 0.25) is 5.82 Å². The van der Waals surface area contributed by atoms with Crippen LogP contribution in [0.2, 0.25) is 5.02 Å². The number of nitrogens with two attached hydrogens (primary N) is 1. The van der Waals surface area contributed by atoms with Crippen molar-refractivity contribution in [3.05, 3.63) is 47.5 Å². The molecule has 0 spiro atoms. The van der Waals surface area contributed by atoms with Crippen molar-refractivity contribution in [2.24, 2.45) is 0 Å². The van der Waals surface area contributed by atoms with Gasteiger partial charge in [0.25, 0.3) is 5.89 Å². The van der Waals surface area contributed by atoms with Gasteiger partial charge in [-0.25, -0.2) is 0 Å². The molecular formula is C14H10ClN3O2. The summed E-state index contributed by atoms with van der Waals surface area (Å²) in [7, 11) is 0. The zero-order valence-electron chi connectivity index (χ0n) is 10.2. The van der Waals surface area contributed by atoms with E-state index in [1.165, 1.54) is 6.07 Å². The first-order valence-electron chi connectivity index (χ1n) is 5.82. The number of rotatable bonds is 2. The topological polar surface area (TPSA) is 85.2 Å². The summed E-state index contributed by atoms with van der Waals surface area (Å²) in [5.41, 5.74) is 7.11. The van der Waals surface area contributed by atoms with Gasteiger partial charge in [-0.2, -0.15) is 4.98 Å². The third kappa shape index (κ3) is 2.19. The molecule has 3 aromatic rings. The number of aromatic hydroxyl groups is 1. The van der Waals surface area contributed by atoms with Gasteiger partial charge in [-0.05, 0) is 30.3 Å². The minimum atomic E-state index is -0.0278. The molecule has 0 amide bonds. The van der Waals surface area contributed by atoms with E-state index in [-0.39, 0.29) is 11.6 Å². The summed E-state index contributed by atoms with van der Waals surface area (Å²) < 4.78 is 5.18. The Morgan fingerprint density at radius 1 is 1.15 bits per heavy atom. The van der Waals surface area contributed by atoms with Gasteiger partial charge in [-0.1, -0.05) is 28.9 Å². The molecule has 3 rings (SSSR count). The average molecular weight is 288 g/mol. The molecule has 0 unspecified atom stereocenters. The van der Waals surface area contributed by atoms with E-state index in [0.29, 0.717) is 27.7 Å². The van der Waals surface area contributed by atoms with Crippen LogP contribution in [0.25, 0.3) is 22.8 Å². The lowest BCUT2D eigenvalue weighted by Gasteiger charge is -1.99. The highest BCUT2D eigenvalue weighted by atomic mass is 35.5. The van der Waals surface area contributed by atoms with Crippen molar-refractivity contribution in [2.75, 3.05) is 5.73 Å². The zero-order chi connectivity index (χ0) is 14.1. The summed E-state index contributed by atoms with van der Waals surface area (Å²) in [6.45, 7) is 0. The molecule has 5 nitrogen and oxygen atoms in total. The van der Waals surface area contributed by atoms with Crippen LogP contribution in [0.15, 0.2) is 47.0 Å². The van der Waals surface area contributed by atoms with E-state index in [1.807, 2.05) is 12.1 Å². The number of phenols is 1. The molecular weight excluding hydrogens is 278 g/mol. The molecule has 0 bridgehead atoms. The fourth-order valence-electron chi connectivity index (χ4n) is 1.77. The summed E-state index contributed by atoms with van der Waals surface area (Å²) in [6, 6.07) is 12.0. The first kappa shape index (κ1) is 12.5. The van der Waals surface area contributed by atoms with Crippen LogP contribution in [-0.2, 0) is 0 Å². The molecule has 6 heteroatoms. The van der Waals surface area contributed by atoms with Crippen LogP contribution in [0.5, 0.6) is 5.75 Å². The number of hydrogen-bond acceptors (Lipinski definition) is 5. The normalized spacial score (nSPS) is 10.7. The Kier molecular flexibility index (Phi) is 3.04. The summed E-state index contributed by atoms with van der Waals surface area (Å²) in [5.74, 6) is 0.650. The van der Waals surface area contributed by atoms with Crippen molar-refractivity contribution in [2.45, 2.75) is 0 Å². The number of aromatic nitrogens is 2. The van der Waals surface area contributed by atoms with Gasteiger partial charge in [0.05, 0.1) is 10.7 Å². The van der Waals surface area contributed by atoms with Crippen LogP contribution < -0.4 is 5.73 Å². The highest BCUT2D eigenvalue weighted by Crippen LogP contribution is 2.30. The Morgan fingerprint density at radius 2 is 1.95 bits per heavy atom. The Labute approximate surface area is 119 Å². The molecule has 0 radical (unpaired) electrons. The van der Waals surface area contributed by atoms with E-state index < -0.39 is 0 Å². The Morgan fingerprint density at radius 3 is 2.70 bits per heavy atom. The second-order valence-corrected chi connectivity index (χ2v) is 4.58. The number of anilines is 1. The van der Waals surface area contributed by atoms with E-state index in [4.69, 9.17) is 21.9 Å². The fraction of sp³-hybridized carbons (Fsp3) is 0. The van der Waals surface area contributed by atoms with E-state index in [9.17, 15) is 5.11 Å². The predicted octanol–water partition coefficient (Wildman–Crippen LogP) is 3.34. The van der Waals surface area contributed by atoms with Gasteiger partial charge >= 0.3 is 0 Å². The van der Waals surface area contributed by atoms with Crippen molar-refractivity contribution in [3.63, 3.8) is 0 Å². The molecule has 0 saturated carbocycles. The highest BCUT2D eigenvalue weighted by Gasteiger charge is 2.13. The maximum absolute atomic E-state index is 9.59. The van der Waals surface area contributed by atoms with E-state index >= 15 is 0 Å². The number of phenolic OH excluding ortho intramolecular Hbond substituents is 1. The quantitative estimate of drug-likeness (QED) is 0.558. The molecule has 3 N–H and O–H groups in total. The van der Waals surface area contributed by atoms with Crippen molar-refractivity contribution in [3.8, 4) is 28.6 Å². The largest absolute Gasteiger partial charge is 0.506 e. The van der Waals surface area contributed by atoms with Crippen molar-refractivity contribution in [1.29, 1.82) is 0 Å². The lowest BCUT2D eigenvalue weighted by molar-refractivity contribution is 0.431. The molecule has 2 aromatic carbocycles. The van der Waals surface area contributed by atoms with Crippen molar-refractivity contribution < 1.29 is 9.63 Å². The summed E-state index contributed by atoms with van der Waals surface area (Å²) in [4.78, 5) is 4.27. The molecule has 0 saturated heterocycles. The Balaban J connectivity index is 2.02. The van der Waals surface area contributed by atoms with Crippen LogP contribution >= 0.6 is 11.6 Å². The zero-order valence-corrected chi connectivity index (χ0v) is 11.0. The van der Waals surface area contributed by atoms with Crippen molar-refractivity contribution in [1.82, 2.24) is 10.1 Å². The lowest BCUT2D eigenvalue weighted by atomic mass is 10.2. The fourth-order valence-corrected chi connectivity index (χ4v) is 1.99. The van der Waals surface area contributed by atoms with Gasteiger partial charge in [-0.15, -0.1) is 0 Å². The lowest BCUT2D eigenvalue weighted by Crippen LogP contribution is -1.86. The molecule has 1 heterocycles. The number of benzene rings is 2. The molecule has 0 fully saturated rings. The Bertz CT molecular complexity index is 771. The number of nitrogen functional groups attached to an aromatic ring is 1. The third-order valence-corrected chi connectivity index (χ3v) is 3.15. The molecule has 0 aliphatic heterocycles. The van der Waals surface area contributed by atoms with Gasteiger partial charge in [0.1, 0.15) is 5.75 Å². The Hall–Kier alpha value is -2.53. The molecule has 1 aromatic heterocycles. The predicted molar refractivity (Wildman–Crippen MR) is 76.3 cm³/mol. The van der Waals surface area contributed by atoms with Crippen molar-refractivity contribution >= 4 is 17.3 Å². The summed E-state index contributed by atoms with van der Waals surface area (Å²) in [5, 5.41) is 14.0. The highest BCUT2D eigenvalue weighted by molar-refractivity contribution is 6.33. The molecule has 0 atom stereocenters. The monoisotopic (exact) mass is 287 g/mol. The first-order valence-corrected chi connectivity index (χ1v) is 6.20. The number of nitrogens with zero attached hydrogens (tertiary/aromatic N) is 2. The van der Waals surface area contributed by atoms with E-state index in [0.717, 1.165) is 0 Å². The van der Waals surface area contributed by atoms with E-state index in [1.54, 1.807) is 24.3 Å². The van der Waals surface area contributed by atoms with Crippen LogP contribution in [0.3, 0.4) is 0 Å². The number of hydrogen-bond donors (Lipinski definition) is 2. The minimum absolute atomic E-state index is 0.0278. The first-order chi connectivity index (χ1) is 9.65. The van der Waals surface area contributed by atoms with Gasteiger partial charge in [0, 0.05) is 11.1 Å². The SMILES string of the molecule is Nc1ccc(-c2nc(-c3ccccc3Cl)no2)cc1O. The molecule has 20 heavy (non-hydrogen) atoms. The molecule has 0 aliphatic rings. The smallest absolute Gasteiger partial charge is 0.258 e. The third-order valence-electron chi connectivity index (χ3n) is 2.82. The average Bonchev–Trinajstić information content (AvgIpc) is 2.92. The van der Waals surface area contributed by atoms with Crippen LogP contribution in [0.4, 0.5) is 5.69 Å². The second-order valence-electron chi connectivity index (χ2n) is 4.18. The van der Waals surface area contributed by atoms with Gasteiger partial charge in [-0.3, -0.25) is 0 Å². The maximum atomic E-state index is 9.59. The summed E-state index contributed by atoms with van der Waals surface area (Å²) >= 11 is 6.08.